The van der Waals surface area contributed by atoms with Gasteiger partial charge in [0.15, 0.2) is 0 Å². The minimum atomic E-state index is -4.61. The highest BCUT2D eigenvalue weighted by molar-refractivity contribution is 6.31. The Morgan fingerprint density at radius 3 is 2.52 bits per heavy atom. The van der Waals surface area contributed by atoms with Crippen LogP contribution in [0.2, 0.25) is 5.02 Å². The van der Waals surface area contributed by atoms with Gasteiger partial charge < -0.3 is 15.0 Å². The van der Waals surface area contributed by atoms with Crippen molar-refractivity contribution in [3.8, 4) is 5.75 Å². The summed E-state index contributed by atoms with van der Waals surface area (Å²) in [5.74, 6) is -0.195. The maximum absolute atomic E-state index is 13.0. The van der Waals surface area contributed by atoms with E-state index in [1.807, 2.05) is 25.9 Å². The number of nitrogens with one attached hydrogen (secondary N) is 1. The number of likely N-dealkylation sites (N-methyl/N-ethyl adjacent to an activating group) is 1. The largest absolute Gasteiger partial charge is 0.491 e. The smallest absolute Gasteiger partial charge is 0.417 e. The van der Waals surface area contributed by atoms with Crippen molar-refractivity contribution in [2.75, 3.05) is 32.6 Å². The second-order valence-electron chi connectivity index (χ2n) is 6.30. The third-order valence-corrected chi connectivity index (χ3v) is 4.03. The van der Waals surface area contributed by atoms with E-state index < -0.39 is 22.7 Å². The molecule has 0 saturated carbocycles. The van der Waals surface area contributed by atoms with Gasteiger partial charge in [0.05, 0.1) is 16.1 Å². The van der Waals surface area contributed by atoms with Crippen LogP contribution >= 0.6 is 11.6 Å². The number of anilines is 1. The zero-order valence-corrected chi connectivity index (χ0v) is 15.9. The van der Waals surface area contributed by atoms with Crippen LogP contribution in [-0.2, 0) is 6.18 Å². The van der Waals surface area contributed by atoms with Crippen LogP contribution in [-0.4, -0.2) is 38.1 Å². The summed E-state index contributed by atoms with van der Waals surface area (Å²) >= 11 is 5.61. The Bertz CT molecular complexity index is 823. The lowest BCUT2D eigenvalue weighted by atomic mass is 10.1. The highest BCUT2D eigenvalue weighted by Crippen LogP contribution is 2.36. The molecule has 4 nitrogen and oxygen atoms in total. The molecule has 0 unspecified atom stereocenters. The van der Waals surface area contributed by atoms with Crippen molar-refractivity contribution in [3.05, 3.63) is 58.1 Å². The first-order chi connectivity index (χ1) is 12.6. The standard InChI is InChI=1S/C19H20ClF3N2O2/c1-12-4-7-17(27-9-8-25(2)3)14(10-12)18(26)24-13-5-6-16(20)15(11-13)19(21,22)23/h4-7,10-11H,8-9H2,1-3H3,(H,24,26). The quantitative estimate of drug-likeness (QED) is 0.753. The van der Waals surface area contributed by atoms with Gasteiger partial charge in [-0.3, -0.25) is 4.79 Å². The highest BCUT2D eigenvalue weighted by Gasteiger charge is 2.33. The Labute approximate surface area is 160 Å². The molecule has 0 atom stereocenters. The number of hydrogen-bond acceptors (Lipinski definition) is 3. The van der Waals surface area contributed by atoms with E-state index in [9.17, 15) is 18.0 Å². The van der Waals surface area contributed by atoms with Crippen molar-refractivity contribution in [3.63, 3.8) is 0 Å². The Morgan fingerprint density at radius 2 is 1.89 bits per heavy atom. The molecule has 1 amide bonds. The second-order valence-corrected chi connectivity index (χ2v) is 6.71. The summed E-state index contributed by atoms with van der Waals surface area (Å²) in [5.41, 5.74) is 0.0654. The molecule has 0 aromatic heterocycles. The molecule has 146 valence electrons. The lowest BCUT2D eigenvalue weighted by Crippen LogP contribution is -2.21. The van der Waals surface area contributed by atoms with Crippen molar-refractivity contribution in [2.45, 2.75) is 13.1 Å². The molecule has 0 fully saturated rings. The minimum Gasteiger partial charge on any atom is -0.491 e. The van der Waals surface area contributed by atoms with Gasteiger partial charge >= 0.3 is 6.18 Å². The van der Waals surface area contributed by atoms with Crippen molar-refractivity contribution in [1.82, 2.24) is 4.90 Å². The van der Waals surface area contributed by atoms with Crippen molar-refractivity contribution in [2.24, 2.45) is 0 Å². The number of carbonyl (C=O) groups is 1. The van der Waals surface area contributed by atoms with Crippen molar-refractivity contribution < 1.29 is 22.7 Å². The first kappa shape index (κ1) is 21.1. The summed E-state index contributed by atoms with van der Waals surface area (Å²) in [4.78, 5) is 14.5. The van der Waals surface area contributed by atoms with Crippen LogP contribution < -0.4 is 10.1 Å². The van der Waals surface area contributed by atoms with Gasteiger partial charge in [-0.15, -0.1) is 0 Å². The first-order valence-electron chi connectivity index (χ1n) is 8.14. The van der Waals surface area contributed by atoms with Gasteiger partial charge in [-0.25, -0.2) is 0 Å². The summed E-state index contributed by atoms with van der Waals surface area (Å²) in [6.07, 6.45) is -4.61. The van der Waals surface area contributed by atoms with Crippen LogP contribution in [0, 0.1) is 6.92 Å². The topological polar surface area (TPSA) is 41.6 Å². The van der Waals surface area contributed by atoms with Crippen LogP contribution in [0.3, 0.4) is 0 Å². The number of hydrogen-bond donors (Lipinski definition) is 1. The van der Waals surface area contributed by atoms with Gasteiger partial charge in [0.25, 0.3) is 5.91 Å². The van der Waals surface area contributed by atoms with Crippen molar-refractivity contribution in [1.29, 1.82) is 0 Å². The van der Waals surface area contributed by atoms with Gasteiger partial charge in [-0.05, 0) is 51.4 Å². The molecule has 0 aliphatic heterocycles. The van der Waals surface area contributed by atoms with Gasteiger partial charge in [-0.2, -0.15) is 13.2 Å². The number of rotatable bonds is 6. The summed E-state index contributed by atoms with van der Waals surface area (Å²) < 4.78 is 44.6. The number of benzene rings is 2. The number of ether oxygens (including phenoxy) is 1. The molecule has 0 aliphatic rings. The van der Waals surface area contributed by atoms with Gasteiger partial charge in [0.2, 0.25) is 0 Å². The second kappa shape index (κ2) is 8.63. The summed E-state index contributed by atoms with van der Waals surface area (Å²) in [7, 11) is 3.79. The van der Waals surface area contributed by atoms with Gasteiger partial charge in [-0.1, -0.05) is 23.2 Å². The average molecular weight is 401 g/mol. The molecule has 2 aromatic rings. The molecule has 0 bridgehead atoms. The lowest BCUT2D eigenvalue weighted by molar-refractivity contribution is -0.137. The fraction of sp³-hybridized carbons (Fsp3) is 0.316. The first-order valence-corrected chi connectivity index (χ1v) is 8.52. The Morgan fingerprint density at radius 1 is 1.19 bits per heavy atom. The number of carbonyl (C=O) groups excluding carboxylic acids is 1. The molecule has 0 saturated heterocycles. The number of alkyl halides is 3. The normalized spacial score (nSPS) is 11.6. The van der Waals surface area contributed by atoms with Crippen LogP contribution in [0.1, 0.15) is 21.5 Å². The average Bonchev–Trinajstić information content (AvgIpc) is 2.56. The summed E-state index contributed by atoms with van der Waals surface area (Å²) in [6, 6.07) is 8.32. The van der Waals surface area contributed by atoms with Crippen LogP contribution in [0.15, 0.2) is 36.4 Å². The monoisotopic (exact) mass is 400 g/mol. The predicted molar refractivity (Wildman–Crippen MR) is 99.6 cm³/mol. The minimum absolute atomic E-state index is 0.00234. The molecular weight excluding hydrogens is 381 g/mol. The van der Waals surface area contributed by atoms with Gasteiger partial charge in [0.1, 0.15) is 12.4 Å². The molecule has 0 spiro atoms. The number of nitrogens with zero attached hydrogens (tertiary/aromatic N) is 1. The molecule has 0 aliphatic carbocycles. The van der Waals surface area contributed by atoms with E-state index in [1.54, 1.807) is 18.2 Å². The summed E-state index contributed by atoms with van der Waals surface area (Å²) in [6.45, 7) is 2.83. The van der Waals surface area contributed by atoms with E-state index in [0.29, 0.717) is 18.9 Å². The van der Waals surface area contributed by atoms with E-state index >= 15 is 0 Å². The molecule has 0 radical (unpaired) electrons. The molecule has 8 heteroatoms. The van der Waals surface area contributed by atoms with Gasteiger partial charge in [0, 0.05) is 12.2 Å². The highest BCUT2D eigenvalue weighted by atomic mass is 35.5. The Balaban J connectivity index is 2.24. The number of halogens is 4. The zero-order valence-electron chi connectivity index (χ0n) is 15.2. The maximum Gasteiger partial charge on any atom is 0.417 e. The van der Waals surface area contributed by atoms with E-state index in [4.69, 9.17) is 16.3 Å². The fourth-order valence-corrected chi connectivity index (χ4v) is 2.53. The van der Waals surface area contributed by atoms with Crippen LogP contribution in [0.5, 0.6) is 5.75 Å². The number of amides is 1. The molecule has 2 aromatic carbocycles. The molecule has 27 heavy (non-hydrogen) atoms. The molecular formula is C19H20ClF3N2O2. The molecule has 0 heterocycles. The van der Waals surface area contributed by atoms with Crippen LogP contribution in [0.25, 0.3) is 0 Å². The van der Waals surface area contributed by atoms with E-state index in [0.717, 1.165) is 17.7 Å². The zero-order chi connectivity index (χ0) is 20.2. The SMILES string of the molecule is Cc1ccc(OCCN(C)C)c(C(=O)Nc2ccc(Cl)c(C(F)(F)F)c2)c1. The third kappa shape index (κ3) is 5.87. The Kier molecular flexibility index (Phi) is 6.73. The van der Waals surface area contributed by atoms with E-state index in [2.05, 4.69) is 5.32 Å². The van der Waals surface area contributed by atoms with E-state index in [1.165, 1.54) is 6.07 Å². The third-order valence-electron chi connectivity index (χ3n) is 3.71. The van der Waals surface area contributed by atoms with Crippen LogP contribution in [0.4, 0.5) is 18.9 Å². The predicted octanol–water partition coefficient (Wildman–Crippen LogP) is 4.86. The molecule has 2 rings (SSSR count). The lowest BCUT2D eigenvalue weighted by Gasteiger charge is -2.15. The molecule has 1 N–H and O–H groups in total. The maximum atomic E-state index is 13.0. The summed E-state index contributed by atoms with van der Waals surface area (Å²) in [5, 5.41) is 2.05. The fourth-order valence-electron chi connectivity index (χ4n) is 2.30. The van der Waals surface area contributed by atoms with E-state index in [-0.39, 0.29) is 11.3 Å². The van der Waals surface area contributed by atoms with Crippen molar-refractivity contribution >= 4 is 23.2 Å². The number of aryl methyl sites for hydroxylation is 1. The Hall–Kier alpha value is -2.25.